The maximum Gasteiger partial charge on any atom is 0.453 e. The Morgan fingerprint density at radius 3 is 1.67 bits per heavy atom. The van der Waals surface area contributed by atoms with Crippen LogP contribution in [0.15, 0.2) is 77.6 Å². The van der Waals surface area contributed by atoms with E-state index in [1.807, 2.05) is 0 Å². The maximum absolute atomic E-state index is 14.0. The molecule has 0 aliphatic heterocycles. The van der Waals surface area contributed by atoms with E-state index >= 15 is 0 Å². The van der Waals surface area contributed by atoms with Gasteiger partial charge in [-0.2, -0.15) is 26.3 Å². The lowest BCUT2D eigenvalue weighted by Gasteiger charge is -2.18. The quantitative estimate of drug-likeness (QED) is 0.205. The van der Waals surface area contributed by atoms with Gasteiger partial charge < -0.3 is 0 Å². The van der Waals surface area contributed by atoms with E-state index in [9.17, 15) is 31.1 Å². The molecule has 0 bridgehead atoms. The second-order valence-corrected chi connectivity index (χ2v) is 9.35. The lowest BCUT2D eigenvalue weighted by Crippen LogP contribution is -2.31. The molecule has 5 aromatic rings. The van der Waals surface area contributed by atoms with Gasteiger partial charge >= 0.3 is 12.4 Å². The molecule has 0 atom stereocenters. The van der Waals surface area contributed by atoms with Crippen LogP contribution in [-0.2, 0) is 18.9 Å². The lowest BCUT2D eigenvalue weighted by atomic mass is 9.96. The lowest BCUT2D eigenvalue weighted by molar-refractivity contribution is -0.147. The van der Waals surface area contributed by atoms with Crippen LogP contribution in [0.4, 0.5) is 26.3 Å². The molecular formula is C26H14Cl2F6N4O. The highest BCUT2D eigenvalue weighted by atomic mass is 35.5. The molecule has 2 aromatic heterocycles. The zero-order valence-corrected chi connectivity index (χ0v) is 20.9. The van der Waals surface area contributed by atoms with Crippen molar-refractivity contribution in [2.75, 3.05) is 0 Å². The van der Waals surface area contributed by atoms with E-state index in [1.54, 1.807) is 0 Å². The first-order chi connectivity index (χ1) is 18.3. The van der Waals surface area contributed by atoms with E-state index < -0.39 is 35.8 Å². The van der Waals surface area contributed by atoms with Crippen molar-refractivity contribution in [3.8, 4) is 22.3 Å². The number of hydrogen-bond donors (Lipinski definition) is 0. The van der Waals surface area contributed by atoms with Gasteiger partial charge in [0.05, 0.1) is 17.7 Å². The van der Waals surface area contributed by atoms with Crippen LogP contribution in [0.2, 0.25) is 10.0 Å². The van der Waals surface area contributed by atoms with E-state index in [4.69, 9.17) is 23.2 Å². The third kappa shape index (κ3) is 5.11. The number of aromatic nitrogens is 4. The third-order valence-corrected chi connectivity index (χ3v) is 6.44. The summed E-state index contributed by atoms with van der Waals surface area (Å²) < 4.78 is 82.6. The second-order valence-electron chi connectivity index (χ2n) is 8.48. The minimum atomic E-state index is -5.01. The number of fused-ring (bicyclic) bond motifs is 1. The fraction of sp³-hybridized carbons (Fsp3) is 0.115. The van der Waals surface area contributed by atoms with Gasteiger partial charge in [-0.05, 0) is 53.1 Å². The molecule has 0 aliphatic carbocycles. The Hall–Kier alpha value is -3.83. The highest BCUT2D eigenvalue weighted by molar-refractivity contribution is 6.31. The minimum absolute atomic E-state index is 0.00507. The molecule has 0 radical (unpaired) electrons. The highest BCUT2D eigenvalue weighted by Crippen LogP contribution is 2.37. The van der Waals surface area contributed by atoms with Crippen molar-refractivity contribution in [1.82, 2.24) is 19.4 Å². The van der Waals surface area contributed by atoms with Gasteiger partial charge in [-0.25, -0.2) is 9.20 Å². The Bertz CT molecular complexity index is 1720. The topological polar surface area (TPSA) is 52.2 Å². The SMILES string of the molecule is O=c1c(-c2ccc(Cl)cc2)c(-c2ccc(Cl)cc2)c2nnc(C(F)(F)F)n2n1Cc1ccc(C(F)(F)F)cc1. The van der Waals surface area contributed by atoms with Gasteiger partial charge in [-0.1, -0.05) is 59.6 Å². The molecule has 5 rings (SSSR count). The minimum Gasteiger partial charge on any atom is -0.267 e. The Balaban J connectivity index is 1.85. The Morgan fingerprint density at radius 2 is 1.18 bits per heavy atom. The molecule has 5 nitrogen and oxygen atoms in total. The van der Waals surface area contributed by atoms with Crippen molar-refractivity contribution in [2.24, 2.45) is 0 Å². The van der Waals surface area contributed by atoms with Crippen LogP contribution in [0.3, 0.4) is 0 Å². The zero-order chi connectivity index (χ0) is 28.1. The fourth-order valence-electron chi connectivity index (χ4n) is 4.17. The normalized spacial score (nSPS) is 12.3. The van der Waals surface area contributed by atoms with Crippen molar-refractivity contribution in [3.63, 3.8) is 0 Å². The Morgan fingerprint density at radius 1 is 0.667 bits per heavy atom. The van der Waals surface area contributed by atoms with Gasteiger partial charge in [0.2, 0.25) is 0 Å². The number of rotatable bonds is 4. The molecule has 39 heavy (non-hydrogen) atoms. The zero-order valence-electron chi connectivity index (χ0n) is 19.4. The number of nitrogens with zero attached hydrogens (tertiary/aromatic N) is 4. The Kier molecular flexibility index (Phi) is 6.68. The van der Waals surface area contributed by atoms with Gasteiger partial charge in [-0.3, -0.25) is 4.79 Å². The summed E-state index contributed by atoms with van der Waals surface area (Å²) in [4.78, 5) is 14.0. The molecule has 13 heteroatoms. The largest absolute Gasteiger partial charge is 0.453 e. The van der Waals surface area contributed by atoms with Gasteiger partial charge in [0, 0.05) is 15.6 Å². The number of halogens is 8. The van der Waals surface area contributed by atoms with Crippen molar-refractivity contribution in [1.29, 1.82) is 0 Å². The number of alkyl halides is 6. The average molecular weight is 583 g/mol. The summed E-state index contributed by atoms with van der Waals surface area (Å²) >= 11 is 12.0. The number of benzene rings is 3. The summed E-state index contributed by atoms with van der Waals surface area (Å²) in [5.41, 5.74) is -1.22. The first-order valence-corrected chi connectivity index (χ1v) is 11.9. The molecular weight excluding hydrogens is 569 g/mol. The van der Waals surface area contributed by atoms with Crippen LogP contribution in [0.25, 0.3) is 27.9 Å². The third-order valence-electron chi connectivity index (χ3n) is 5.94. The molecule has 0 spiro atoms. The van der Waals surface area contributed by atoms with Crippen molar-refractivity contribution in [2.45, 2.75) is 18.9 Å². The molecule has 0 N–H and O–H groups in total. The summed E-state index contributed by atoms with van der Waals surface area (Å²) in [5.74, 6) is -1.47. The molecule has 2 heterocycles. The van der Waals surface area contributed by atoms with E-state index in [1.165, 1.54) is 48.5 Å². The monoisotopic (exact) mass is 582 g/mol. The molecule has 0 saturated carbocycles. The van der Waals surface area contributed by atoms with Crippen LogP contribution in [0, 0.1) is 0 Å². The summed E-state index contributed by atoms with van der Waals surface area (Å²) in [5, 5.41) is 7.86. The van der Waals surface area contributed by atoms with Crippen molar-refractivity contribution >= 4 is 28.8 Å². The van der Waals surface area contributed by atoms with Crippen LogP contribution in [0.5, 0.6) is 0 Å². The van der Waals surface area contributed by atoms with Crippen LogP contribution < -0.4 is 5.56 Å². The summed E-state index contributed by atoms with van der Waals surface area (Å²) in [6, 6.07) is 15.9. The molecule has 200 valence electrons. The van der Waals surface area contributed by atoms with Crippen molar-refractivity contribution < 1.29 is 26.3 Å². The average Bonchev–Trinajstić information content (AvgIpc) is 3.32. The van der Waals surface area contributed by atoms with E-state index in [2.05, 4.69) is 10.2 Å². The summed E-state index contributed by atoms with van der Waals surface area (Å²) in [6.07, 6.45) is -9.62. The van der Waals surface area contributed by atoms with Crippen LogP contribution >= 0.6 is 23.2 Å². The molecule has 0 amide bonds. The molecule has 0 saturated heterocycles. The molecule has 0 fully saturated rings. The first kappa shape index (κ1) is 26.8. The second kappa shape index (κ2) is 9.73. The fourth-order valence-corrected chi connectivity index (χ4v) is 4.42. The maximum atomic E-state index is 14.0. The highest BCUT2D eigenvalue weighted by Gasteiger charge is 2.39. The van der Waals surface area contributed by atoms with Crippen LogP contribution in [-0.4, -0.2) is 19.4 Å². The standard InChI is InChI=1S/C26H14Cl2F6N4O/c27-18-9-3-15(4-10-18)20-21(16-5-11-19(28)12-6-16)23(39)37(38-22(20)35-36-24(38)26(32,33)34)13-14-1-7-17(8-2-14)25(29,30)31/h1-12H,13H2. The van der Waals surface area contributed by atoms with Crippen molar-refractivity contribution in [3.05, 3.63) is 110 Å². The Labute approximate surface area is 225 Å². The number of hydrogen-bond acceptors (Lipinski definition) is 3. The summed E-state index contributed by atoms with van der Waals surface area (Å²) in [6.45, 7) is -0.504. The smallest absolute Gasteiger partial charge is 0.267 e. The van der Waals surface area contributed by atoms with E-state index in [-0.39, 0.29) is 22.3 Å². The molecule has 0 aliphatic rings. The first-order valence-electron chi connectivity index (χ1n) is 11.1. The predicted octanol–water partition coefficient (Wildman–Crippen LogP) is 7.62. The predicted molar refractivity (Wildman–Crippen MR) is 134 cm³/mol. The van der Waals surface area contributed by atoms with Gasteiger partial charge in [0.15, 0.2) is 5.65 Å². The van der Waals surface area contributed by atoms with Gasteiger partial charge in [0.25, 0.3) is 11.4 Å². The van der Waals surface area contributed by atoms with Crippen LogP contribution in [0.1, 0.15) is 17.0 Å². The molecule has 0 unspecified atom stereocenters. The van der Waals surface area contributed by atoms with E-state index in [0.717, 1.165) is 28.9 Å². The van der Waals surface area contributed by atoms with E-state index in [0.29, 0.717) is 25.7 Å². The van der Waals surface area contributed by atoms with Gasteiger partial charge in [-0.15, -0.1) is 10.2 Å². The van der Waals surface area contributed by atoms with Gasteiger partial charge in [0.1, 0.15) is 0 Å². The molecule has 3 aromatic carbocycles. The summed E-state index contributed by atoms with van der Waals surface area (Å²) in [7, 11) is 0.